The van der Waals surface area contributed by atoms with Crippen molar-refractivity contribution in [3.63, 3.8) is 0 Å². The van der Waals surface area contributed by atoms with Gasteiger partial charge in [-0.05, 0) is 42.2 Å². The molecule has 0 unspecified atom stereocenters. The summed E-state index contributed by atoms with van der Waals surface area (Å²) in [6.45, 7) is 7.60. The highest BCUT2D eigenvalue weighted by Gasteiger charge is 2.24. The molecule has 0 aromatic heterocycles. The third kappa shape index (κ3) is 4.57. The Bertz CT molecular complexity index is 465. The number of carbonyl (C=O) groups excluding carboxylic acids is 1. The molecule has 1 aromatic carbocycles. The van der Waals surface area contributed by atoms with Crippen LogP contribution in [0.15, 0.2) is 24.3 Å². The van der Waals surface area contributed by atoms with Crippen molar-refractivity contribution in [2.75, 3.05) is 0 Å². The minimum atomic E-state index is -0.133. The number of carbonyl (C=O) groups is 1. The second kappa shape index (κ2) is 6.61. The van der Waals surface area contributed by atoms with Gasteiger partial charge in [-0.3, -0.25) is 4.79 Å². The van der Waals surface area contributed by atoms with E-state index in [-0.39, 0.29) is 17.2 Å². The number of rotatable bonds is 4. The third-order valence-electron chi connectivity index (χ3n) is 4.54. The SMILES string of the molecule is CC(C)(C)c1ccc(CNC2CCC(C(N)=O)CC2)cc1. The van der Waals surface area contributed by atoms with Gasteiger partial charge in [-0.2, -0.15) is 0 Å². The zero-order chi connectivity index (χ0) is 15.5. The fraction of sp³-hybridized carbons (Fsp3) is 0.611. The van der Waals surface area contributed by atoms with Crippen molar-refractivity contribution in [1.29, 1.82) is 0 Å². The molecule has 0 heterocycles. The molecule has 1 aliphatic rings. The monoisotopic (exact) mass is 288 g/mol. The molecule has 21 heavy (non-hydrogen) atoms. The van der Waals surface area contributed by atoms with Crippen LogP contribution in [0.2, 0.25) is 0 Å². The number of primary amides is 1. The van der Waals surface area contributed by atoms with Crippen LogP contribution >= 0.6 is 0 Å². The summed E-state index contributed by atoms with van der Waals surface area (Å²) in [6, 6.07) is 9.38. The lowest BCUT2D eigenvalue weighted by Crippen LogP contribution is -2.36. The number of hydrogen-bond donors (Lipinski definition) is 2. The van der Waals surface area contributed by atoms with E-state index in [0.29, 0.717) is 6.04 Å². The van der Waals surface area contributed by atoms with Crippen LogP contribution in [-0.4, -0.2) is 11.9 Å². The van der Waals surface area contributed by atoms with E-state index in [9.17, 15) is 4.79 Å². The molecule has 1 saturated carbocycles. The Hall–Kier alpha value is -1.35. The molecule has 3 N–H and O–H groups in total. The highest BCUT2D eigenvalue weighted by molar-refractivity contribution is 5.76. The number of nitrogens with two attached hydrogens (primary N) is 1. The van der Waals surface area contributed by atoms with Gasteiger partial charge in [-0.25, -0.2) is 0 Å². The van der Waals surface area contributed by atoms with Gasteiger partial charge in [0.15, 0.2) is 0 Å². The molecule has 1 aliphatic carbocycles. The van der Waals surface area contributed by atoms with E-state index in [4.69, 9.17) is 5.73 Å². The predicted molar refractivity (Wildman–Crippen MR) is 86.9 cm³/mol. The van der Waals surface area contributed by atoms with E-state index in [1.165, 1.54) is 11.1 Å². The van der Waals surface area contributed by atoms with Gasteiger partial charge in [-0.1, -0.05) is 45.0 Å². The Balaban J connectivity index is 1.80. The van der Waals surface area contributed by atoms with Gasteiger partial charge >= 0.3 is 0 Å². The van der Waals surface area contributed by atoms with Crippen LogP contribution in [0.5, 0.6) is 0 Å². The maximum Gasteiger partial charge on any atom is 0.220 e. The van der Waals surface area contributed by atoms with Crippen LogP contribution in [0.25, 0.3) is 0 Å². The van der Waals surface area contributed by atoms with Crippen molar-refractivity contribution < 1.29 is 4.79 Å². The van der Waals surface area contributed by atoms with E-state index in [1.807, 2.05) is 0 Å². The lowest BCUT2D eigenvalue weighted by Gasteiger charge is -2.27. The number of amides is 1. The van der Waals surface area contributed by atoms with E-state index in [0.717, 1.165) is 32.2 Å². The first-order valence-electron chi connectivity index (χ1n) is 7.98. The molecule has 116 valence electrons. The molecule has 0 bridgehead atoms. The van der Waals surface area contributed by atoms with E-state index in [2.05, 4.69) is 50.4 Å². The molecule has 1 fully saturated rings. The van der Waals surface area contributed by atoms with Gasteiger partial charge in [0.1, 0.15) is 0 Å². The zero-order valence-electron chi connectivity index (χ0n) is 13.5. The lowest BCUT2D eigenvalue weighted by molar-refractivity contribution is -0.122. The second-order valence-electron chi connectivity index (χ2n) is 7.28. The molecule has 0 radical (unpaired) electrons. The van der Waals surface area contributed by atoms with Crippen LogP contribution < -0.4 is 11.1 Å². The molecule has 2 rings (SSSR count). The summed E-state index contributed by atoms with van der Waals surface area (Å²) in [7, 11) is 0. The fourth-order valence-corrected chi connectivity index (χ4v) is 2.97. The maximum atomic E-state index is 11.2. The average Bonchev–Trinajstić information content (AvgIpc) is 2.45. The largest absolute Gasteiger partial charge is 0.369 e. The van der Waals surface area contributed by atoms with Gasteiger partial charge < -0.3 is 11.1 Å². The summed E-state index contributed by atoms with van der Waals surface area (Å²) < 4.78 is 0. The second-order valence-corrected chi connectivity index (χ2v) is 7.28. The molecule has 1 amide bonds. The Morgan fingerprint density at radius 1 is 1.14 bits per heavy atom. The minimum absolute atomic E-state index is 0.0918. The molecule has 3 heteroatoms. The van der Waals surface area contributed by atoms with E-state index < -0.39 is 0 Å². The van der Waals surface area contributed by atoms with Gasteiger partial charge in [0.05, 0.1) is 0 Å². The number of hydrogen-bond acceptors (Lipinski definition) is 2. The van der Waals surface area contributed by atoms with Crippen molar-refractivity contribution in [2.24, 2.45) is 11.7 Å². The average molecular weight is 288 g/mol. The van der Waals surface area contributed by atoms with Crippen LogP contribution in [0.3, 0.4) is 0 Å². The Morgan fingerprint density at radius 3 is 2.19 bits per heavy atom. The molecule has 0 saturated heterocycles. The molecule has 0 aliphatic heterocycles. The topological polar surface area (TPSA) is 55.1 Å². The normalized spacial score (nSPS) is 23.0. The quantitative estimate of drug-likeness (QED) is 0.894. The summed E-state index contributed by atoms with van der Waals surface area (Å²) in [5, 5.41) is 3.60. The molecule has 0 atom stereocenters. The smallest absolute Gasteiger partial charge is 0.220 e. The summed E-state index contributed by atoms with van der Waals surface area (Å²) in [6.07, 6.45) is 3.95. The first-order valence-corrected chi connectivity index (χ1v) is 7.98. The summed E-state index contributed by atoms with van der Waals surface area (Å²) in [5.41, 5.74) is 8.26. The van der Waals surface area contributed by atoms with Gasteiger partial charge in [0.25, 0.3) is 0 Å². The molecular formula is C18H28N2O. The maximum absolute atomic E-state index is 11.2. The van der Waals surface area contributed by atoms with Crippen LogP contribution in [0, 0.1) is 5.92 Å². The Kier molecular flexibility index (Phi) is 5.04. The van der Waals surface area contributed by atoms with Crippen LogP contribution in [-0.2, 0) is 16.8 Å². The fourth-order valence-electron chi connectivity index (χ4n) is 2.97. The first-order chi connectivity index (χ1) is 9.86. The predicted octanol–water partition coefficient (Wildman–Crippen LogP) is 3.12. The van der Waals surface area contributed by atoms with Crippen molar-refractivity contribution in [3.8, 4) is 0 Å². The standard InChI is InChI=1S/C18H28N2O/c1-18(2,3)15-8-4-13(5-9-15)12-20-16-10-6-14(7-11-16)17(19)21/h4-5,8-9,14,16,20H,6-7,10-12H2,1-3H3,(H2,19,21). The van der Waals surface area contributed by atoms with Gasteiger partial charge in [0.2, 0.25) is 5.91 Å². The highest BCUT2D eigenvalue weighted by Crippen LogP contribution is 2.25. The van der Waals surface area contributed by atoms with Crippen molar-refractivity contribution >= 4 is 5.91 Å². The van der Waals surface area contributed by atoms with E-state index >= 15 is 0 Å². The minimum Gasteiger partial charge on any atom is -0.369 e. The molecular weight excluding hydrogens is 260 g/mol. The molecule has 1 aromatic rings. The zero-order valence-corrected chi connectivity index (χ0v) is 13.5. The Morgan fingerprint density at radius 2 is 1.71 bits per heavy atom. The van der Waals surface area contributed by atoms with Crippen LogP contribution in [0.1, 0.15) is 57.6 Å². The summed E-state index contributed by atoms with van der Waals surface area (Å²) in [4.78, 5) is 11.2. The first kappa shape index (κ1) is 16.0. The molecule has 0 spiro atoms. The summed E-state index contributed by atoms with van der Waals surface area (Å²) in [5.74, 6) is -0.0414. The highest BCUT2D eigenvalue weighted by atomic mass is 16.1. The van der Waals surface area contributed by atoms with Crippen LogP contribution in [0.4, 0.5) is 0 Å². The Labute approximate surface area is 128 Å². The van der Waals surface area contributed by atoms with E-state index in [1.54, 1.807) is 0 Å². The lowest BCUT2D eigenvalue weighted by atomic mass is 9.85. The van der Waals surface area contributed by atoms with Crippen molar-refractivity contribution in [3.05, 3.63) is 35.4 Å². The van der Waals surface area contributed by atoms with Gasteiger partial charge in [0, 0.05) is 18.5 Å². The van der Waals surface area contributed by atoms with Crippen molar-refractivity contribution in [1.82, 2.24) is 5.32 Å². The van der Waals surface area contributed by atoms with Gasteiger partial charge in [-0.15, -0.1) is 0 Å². The van der Waals surface area contributed by atoms with Crippen molar-refractivity contribution in [2.45, 2.75) is 64.5 Å². The summed E-state index contributed by atoms with van der Waals surface area (Å²) >= 11 is 0. The molecule has 3 nitrogen and oxygen atoms in total. The third-order valence-corrected chi connectivity index (χ3v) is 4.54. The number of nitrogens with one attached hydrogen (secondary N) is 1. The number of benzene rings is 1.